The van der Waals surface area contributed by atoms with Gasteiger partial charge in [-0.1, -0.05) is 20.4 Å². The molecular formula is C5H10BrNO3S. The van der Waals surface area contributed by atoms with Crippen molar-refractivity contribution in [3.63, 3.8) is 0 Å². The lowest BCUT2D eigenvalue weighted by atomic mass is 10.3. The van der Waals surface area contributed by atoms with Gasteiger partial charge in [0.1, 0.15) is 4.66 Å². The summed E-state index contributed by atoms with van der Waals surface area (Å²) in [6.07, 6.45) is 1.82. The minimum absolute atomic E-state index is 0.0694. The quantitative estimate of drug-likeness (QED) is 0.671. The highest BCUT2D eigenvalue weighted by molar-refractivity contribution is 9.10. The normalized spacial score (nSPS) is 21.9. The monoisotopic (exact) mass is 243 g/mol. The summed E-state index contributed by atoms with van der Waals surface area (Å²) in [5, 5.41) is 0. The summed E-state index contributed by atoms with van der Waals surface area (Å²) in [4.78, 5) is 4.95. The van der Waals surface area contributed by atoms with E-state index in [0.29, 0.717) is 13.2 Å². The van der Waals surface area contributed by atoms with Gasteiger partial charge < -0.3 is 0 Å². The van der Waals surface area contributed by atoms with E-state index in [1.165, 1.54) is 0 Å². The highest BCUT2D eigenvalue weighted by Crippen LogP contribution is 2.12. The second-order valence-electron chi connectivity index (χ2n) is 2.29. The Morgan fingerprint density at radius 3 is 2.64 bits per heavy atom. The average molecular weight is 244 g/mol. The molecule has 0 aliphatic carbocycles. The molecule has 6 heteroatoms. The SMILES string of the molecule is O=S(=O)(CBr)N1CCCCO1. The van der Waals surface area contributed by atoms with Crippen LogP contribution in [0, 0.1) is 0 Å². The van der Waals surface area contributed by atoms with Crippen LogP contribution >= 0.6 is 15.9 Å². The molecule has 0 aromatic rings. The van der Waals surface area contributed by atoms with Crippen LogP contribution in [0.25, 0.3) is 0 Å². The molecule has 1 saturated heterocycles. The van der Waals surface area contributed by atoms with Crippen LogP contribution in [-0.4, -0.2) is 30.7 Å². The maximum atomic E-state index is 11.1. The molecule has 0 unspecified atom stereocenters. The molecule has 11 heavy (non-hydrogen) atoms. The van der Waals surface area contributed by atoms with E-state index in [9.17, 15) is 8.42 Å². The topological polar surface area (TPSA) is 46.6 Å². The van der Waals surface area contributed by atoms with E-state index in [1.807, 2.05) is 0 Å². The smallest absolute Gasteiger partial charge is 0.246 e. The molecule has 0 N–H and O–H groups in total. The van der Waals surface area contributed by atoms with Crippen LogP contribution in [0.1, 0.15) is 12.8 Å². The molecule has 0 saturated carbocycles. The fourth-order valence-electron chi connectivity index (χ4n) is 0.848. The van der Waals surface area contributed by atoms with Gasteiger partial charge >= 0.3 is 0 Å². The van der Waals surface area contributed by atoms with Crippen molar-refractivity contribution < 1.29 is 13.3 Å². The number of alkyl halides is 1. The van der Waals surface area contributed by atoms with Gasteiger partial charge in [-0.05, 0) is 12.8 Å². The molecule has 0 aromatic carbocycles. The molecule has 1 aliphatic rings. The molecular weight excluding hydrogens is 234 g/mol. The molecule has 1 rings (SSSR count). The van der Waals surface area contributed by atoms with E-state index in [1.54, 1.807) is 0 Å². The van der Waals surface area contributed by atoms with Crippen molar-refractivity contribution in [1.29, 1.82) is 0 Å². The molecule has 66 valence electrons. The minimum Gasteiger partial charge on any atom is -0.284 e. The second kappa shape index (κ2) is 3.84. The molecule has 0 aromatic heterocycles. The first-order valence-electron chi connectivity index (χ1n) is 3.36. The molecule has 1 heterocycles. The van der Waals surface area contributed by atoms with Gasteiger partial charge in [-0.2, -0.15) is 0 Å². The van der Waals surface area contributed by atoms with Gasteiger partial charge in [0, 0.05) is 6.54 Å². The average Bonchev–Trinajstić information content (AvgIpc) is 2.06. The number of halogens is 1. The van der Waals surface area contributed by atoms with Gasteiger partial charge in [0.15, 0.2) is 0 Å². The largest absolute Gasteiger partial charge is 0.284 e. The lowest BCUT2D eigenvalue weighted by Crippen LogP contribution is -2.36. The molecule has 0 bridgehead atoms. The predicted molar refractivity (Wildman–Crippen MR) is 44.6 cm³/mol. The Labute approximate surface area is 74.6 Å². The molecule has 0 atom stereocenters. The first kappa shape index (κ1) is 9.44. The minimum atomic E-state index is -3.19. The van der Waals surface area contributed by atoms with E-state index in [2.05, 4.69) is 15.9 Å². The first-order valence-corrected chi connectivity index (χ1v) is 6.09. The number of hydrogen-bond acceptors (Lipinski definition) is 3. The van der Waals surface area contributed by atoms with Gasteiger partial charge in [-0.25, -0.2) is 8.42 Å². The Balaban J connectivity index is 2.58. The number of sulfonamides is 1. The Morgan fingerprint density at radius 2 is 2.18 bits per heavy atom. The van der Waals surface area contributed by atoms with E-state index in [4.69, 9.17) is 4.84 Å². The van der Waals surface area contributed by atoms with Crippen molar-refractivity contribution in [2.75, 3.05) is 17.8 Å². The summed E-state index contributed by atoms with van der Waals surface area (Å²) in [5.74, 6) is 0. The van der Waals surface area contributed by atoms with Gasteiger partial charge in [0.2, 0.25) is 10.0 Å². The molecule has 1 fully saturated rings. The molecule has 1 aliphatic heterocycles. The molecule has 4 nitrogen and oxygen atoms in total. The maximum absolute atomic E-state index is 11.1. The van der Waals surface area contributed by atoms with Crippen LogP contribution in [0.15, 0.2) is 0 Å². The lowest BCUT2D eigenvalue weighted by Gasteiger charge is -2.23. The lowest BCUT2D eigenvalue weighted by molar-refractivity contribution is -0.108. The van der Waals surface area contributed by atoms with Crippen molar-refractivity contribution in [3.05, 3.63) is 0 Å². The third-order valence-corrected chi connectivity index (χ3v) is 4.34. The summed E-state index contributed by atoms with van der Waals surface area (Å²) in [6, 6.07) is 0. The zero-order valence-corrected chi connectivity index (χ0v) is 8.40. The first-order chi connectivity index (χ1) is 5.17. The van der Waals surface area contributed by atoms with Crippen molar-refractivity contribution >= 4 is 26.0 Å². The Kier molecular flexibility index (Phi) is 3.29. The van der Waals surface area contributed by atoms with E-state index in [0.717, 1.165) is 17.3 Å². The third kappa shape index (κ3) is 2.40. The Bertz CT molecular complexity index is 210. The number of nitrogens with zero attached hydrogens (tertiary/aromatic N) is 1. The van der Waals surface area contributed by atoms with Gasteiger partial charge in [0.25, 0.3) is 0 Å². The second-order valence-corrected chi connectivity index (χ2v) is 5.45. The van der Waals surface area contributed by atoms with Crippen LogP contribution in [0.3, 0.4) is 0 Å². The highest BCUT2D eigenvalue weighted by atomic mass is 79.9. The van der Waals surface area contributed by atoms with Crippen LogP contribution in [0.4, 0.5) is 0 Å². The number of rotatable bonds is 2. The molecule has 0 amide bonds. The maximum Gasteiger partial charge on any atom is 0.246 e. The summed E-state index contributed by atoms with van der Waals surface area (Å²) < 4.78 is 23.2. The zero-order chi connectivity index (χ0) is 8.32. The number of hydrogen-bond donors (Lipinski definition) is 0. The van der Waals surface area contributed by atoms with Crippen molar-refractivity contribution in [1.82, 2.24) is 4.47 Å². The van der Waals surface area contributed by atoms with Crippen LogP contribution < -0.4 is 0 Å². The predicted octanol–water partition coefficient (Wildman–Crippen LogP) is 0.696. The van der Waals surface area contributed by atoms with Crippen molar-refractivity contribution in [2.45, 2.75) is 12.8 Å². The summed E-state index contributed by atoms with van der Waals surface area (Å²) in [7, 11) is -3.19. The summed E-state index contributed by atoms with van der Waals surface area (Å²) >= 11 is 2.90. The highest BCUT2D eigenvalue weighted by Gasteiger charge is 2.23. The summed E-state index contributed by atoms with van der Waals surface area (Å²) in [6.45, 7) is 0.986. The Morgan fingerprint density at radius 1 is 1.45 bits per heavy atom. The van der Waals surface area contributed by atoms with Crippen LogP contribution in [-0.2, 0) is 14.9 Å². The molecule has 0 radical (unpaired) electrons. The fourth-order valence-corrected chi connectivity index (χ4v) is 2.28. The standard InChI is InChI=1S/C5H10BrNO3S/c6-5-11(8,9)7-3-1-2-4-10-7/h1-5H2. The van der Waals surface area contributed by atoms with Gasteiger partial charge in [0.05, 0.1) is 6.61 Å². The number of hydroxylamine groups is 1. The van der Waals surface area contributed by atoms with E-state index < -0.39 is 10.0 Å². The fraction of sp³-hybridized carbons (Fsp3) is 1.00. The van der Waals surface area contributed by atoms with Crippen molar-refractivity contribution in [3.8, 4) is 0 Å². The molecule has 0 spiro atoms. The Hall–Kier alpha value is 0.350. The van der Waals surface area contributed by atoms with Crippen LogP contribution in [0.5, 0.6) is 0 Å². The third-order valence-electron chi connectivity index (χ3n) is 1.42. The summed E-state index contributed by atoms with van der Waals surface area (Å²) in [5.41, 5.74) is 0. The van der Waals surface area contributed by atoms with Gasteiger partial charge in [-0.3, -0.25) is 4.84 Å². The van der Waals surface area contributed by atoms with Gasteiger partial charge in [-0.15, -0.1) is 0 Å². The van der Waals surface area contributed by atoms with E-state index >= 15 is 0 Å². The zero-order valence-electron chi connectivity index (χ0n) is 5.99. The van der Waals surface area contributed by atoms with Crippen LogP contribution in [0.2, 0.25) is 0 Å². The van der Waals surface area contributed by atoms with E-state index in [-0.39, 0.29) is 4.66 Å². The van der Waals surface area contributed by atoms with Crippen molar-refractivity contribution in [2.24, 2.45) is 0 Å².